The van der Waals surface area contributed by atoms with Gasteiger partial charge in [-0.1, -0.05) is 58.8 Å². The maximum atomic E-state index is 10.2. The molecular formula is C17H36O5. The van der Waals surface area contributed by atoms with E-state index >= 15 is 0 Å². The van der Waals surface area contributed by atoms with E-state index in [1.54, 1.807) is 0 Å². The average Bonchev–Trinajstić information content (AvgIpc) is 2.53. The van der Waals surface area contributed by atoms with Gasteiger partial charge in [-0.15, -0.1) is 0 Å². The fourth-order valence-corrected chi connectivity index (χ4v) is 1.90. The molecule has 0 aromatic heterocycles. The molecule has 0 saturated carbocycles. The van der Waals surface area contributed by atoms with E-state index in [1.165, 1.54) is 38.5 Å². The Morgan fingerprint density at radius 1 is 0.773 bits per heavy atom. The molecule has 0 saturated heterocycles. The number of carboxylic acid groups (broad SMARTS) is 1. The zero-order chi connectivity index (χ0) is 17.3. The third kappa shape index (κ3) is 14.3. The largest absolute Gasteiger partial charge is 0.481 e. The summed E-state index contributed by atoms with van der Waals surface area (Å²) in [5.74, 6) is -0.661. The Bertz CT molecular complexity index is 222. The van der Waals surface area contributed by atoms with E-state index in [0.717, 1.165) is 12.8 Å². The van der Waals surface area contributed by atoms with Gasteiger partial charge in [0.25, 0.3) is 0 Å². The third-order valence-electron chi connectivity index (χ3n) is 4.00. The topological polar surface area (TPSA) is 98.0 Å². The molecular weight excluding hydrogens is 284 g/mol. The fraction of sp³-hybridized carbons (Fsp3) is 0.941. The van der Waals surface area contributed by atoms with Gasteiger partial charge in [0.05, 0.1) is 19.8 Å². The van der Waals surface area contributed by atoms with Gasteiger partial charge in [0.1, 0.15) is 0 Å². The summed E-state index contributed by atoms with van der Waals surface area (Å²) in [6.45, 7) is 3.57. The van der Waals surface area contributed by atoms with Crippen LogP contribution in [0.25, 0.3) is 0 Å². The lowest BCUT2D eigenvalue weighted by atomic mass is 9.88. The second-order valence-corrected chi connectivity index (χ2v) is 5.95. The van der Waals surface area contributed by atoms with Crippen LogP contribution in [-0.4, -0.2) is 46.2 Å². The molecule has 0 aromatic rings. The predicted octanol–water partition coefficient (Wildman–Crippen LogP) is 2.96. The number of hydrogen-bond donors (Lipinski definition) is 4. The summed E-state index contributed by atoms with van der Waals surface area (Å²) >= 11 is 0. The molecule has 0 aromatic carbocycles. The van der Waals surface area contributed by atoms with E-state index in [-0.39, 0.29) is 19.8 Å². The summed E-state index contributed by atoms with van der Waals surface area (Å²) in [5.41, 5.74) is -0.667. The minimum atomic E-state index is -0.667. The van der Waals surface area contributed by atoms with Crippen molar-refractivity contribution in [2.75, 3.05) is 19.8 Å². The van der Waals surface area contributed by atoms with E-state index in [0.29, 0.717) is 12.8 Å². The smallest absolute Gasteiger partial charge is 0.303 e. The van der Waals surface area contributed by atoms with Crippen molar-refractivity contribution in [2.45, 2.75) is 78.1 Å². The van der Waals surface area contributed by atoms with Crippen molar-refractivity contribution >= 4 is 5.97 Å². The highest BCUT2D eigenvalue weighted by Gasteiger charge is 2.24. The van der Waals surface area contributed by atoms with Gasteiger partial charge in [-0.25, -0.2) is 0 Å². The lowest BCUT2D eigenvalue weighted by Gasteiger charge is -2.24. The van der Waals surface area contributed by atoms with Crippen LogP contribution in [0.2, 0.25) is 0 Å². The molecule has 4 N–H and O–H groups in total. The lowest BCUT2D eigenvalue weighted by molar-refractivity contribution is -0.137. The van der Waals surface area contributed by atoms with Gasteiger partial charge in [0.15, 0.2) is 0 Å². The van der Waals surface area contributed by atoms with Crippen LogP contribution in [0, 0.1) is 5.41 Å². The van der Waals surface area contributed by atoms with Crippen molar-refractivity contribution in [1.82, 2.24) is 0 Å². The van der Waals surface area contributed by atoms with Gasteiger partial charge < -0.3 is 20.4 Å². The number of aliphatic hydroxyl groups excluding tert-OH is 3. The van der Waals surface area contributed by atoms with Gasteiger partial charge >= 0.3 is 5.97 Å². The van der Waals surface area contributed by atoms with Crippen molar-refractivity contribution < 1.29 is 25.2 Å². The maximum absolute atomic E-state index is 10.2. The van der Waals surface area contributed by atoms with E-state index in [1.807, 2.05) is 6.92 Å². The Hall–Kier alpha value is -0.650. The van der Waals surface area contributed by atoms with Gasteiger partial charge in [-0.3, -0.25) is 4.79 Å². The zero-order valence-corrected chi connectivity index (χ0v) is 14.4. The zero-order valence-electron chi connectivity index (χ0n) is 14.4. The average molecular weight is 320 g/mol. The predicted molar refractivity (Wildman–Crippen MR) is 88.8 cm³/mol. The number of carboxylic acids is 1. The molecule has 22 heavy (non-hydrogen) atoms. The van der Waals surface area contributed by atoms with E-state index < -0.39 is 11.4 Å². The number of hydrogen-bond acceptors (Lipinski definition) is 4. The standard InChI is InChI=1S/C11H22O2.C6H14O3/c1-2-3-4-5-6-7-8-9-10-11(12)13;1-2-6(3-7,4-8)5-9/h2-10H2,1H3,(H,12,13);7-9H,2-5H2,1H3. The summed E-state index contributed by atoms with van der Waals surface area (Å²) < 4.78 is 0. The molecule has 0 radical (unpaired) electrons. The number of rotatable bonds is 13. The van der Waals surface area contributed by atoms with Crippen LogP contribution in [0.1, 0.15) is 78.1 Å². The minimum absolute atomic E-state index is 0.156. The minimum Gasteiger partial charge on any atom is -0.481 e. The molecule has 0 amide bonds. The van der Waals surface area contributed by atoms with Crippen LogP contribution in [0.5, 0.6) is 0 Å². The molecule has 0 fully saturated rings. The van der Waals surface area contributed by atoms with Crippen molar-refractivity contribution in [3.63, 3.8) is 0 Å². The Kier molecular flexibility index (Phi) is 17.9. The van der Waals surface area contributed by atoms with E-state index in [4.69, 9.17) is 20.4 Å². The first-order valence-corrected chi connectivity index (χ1v) is 8.56. The highest BCUT2D eigenvalue weighted by atomic mass is 16.4. The Balaban J connectivity index is 0. The molecule has 0 bridgehead atoms. The molecule has 0 heterocycles. The molecule has 0 atom stereocenters. The summed E-state index contributed by atoms with van der Waals surface area (Å²) in [5, 5.41) is 34.4. The first kappa shape index (κ1) is 23.6. The normalized spacial score (nSPS) is 11.0. The molecule has 0 aliphatic heterocycles. The number of aliphatic carboxylic acids is 1. The van der Waals surface area contributed by atoms with Crippen LogP contribution in [0.4, 0.5) is 0 Å². The van der Waals surface area contributed by atoms with Crippen molar-refractivity contribution in [1.29, 1.82) is 0 Å². The third-order valence-corrected chi connectivity index (χ3v) is 4.00. The molecule has 5 nitrogen and oxygen atoms in total. The second-order valence-electron chi connectivity index (χ2n) is 5.95. The summed E-state index contributed by atoms with van der Waals surface area (Å²) in [6.07, 6.45) is 10.6. The Morgan fingerprint density at radius 3 is 1.45 bits per heavy atom. The van der Waals surface area contributed by atoms with Crippen molar-refractivity contribution in [2.24, 2.45) is 5.41 Å². The SMILES string of the molecule is CCC(CO)(CO)CO.CCCCCCCCCCC(=O)O. The number of aliphatic hydroxyl groups is 3. The summed E-state index contributed by atoms with van der Waals surface area (Å²) in [6, 6.07) is 0. The highest BCUT2D eigenvalue weighted by molar-refractivity contribution is 5.66. The highest BCUT2D eigenvalue weighted by Crippen LogP contribution is 2.18. The van der Waals surface area contributed by atoms with Crippen LogP contribution in [0.3, 0.4) is 0 Å². The second kappa shape index (κ2) is 16.7. The molecule has 0 spiro atoms. The molecule has 134 valence electrons. The van der Waals surface area contributed by atoms with Crippen LogP contribution in [0.15, 0.2) is 0 Å². The van der Waals surface area contributed by atoms with Crippen LogP contribution in [-0.2, 0) is 4.79 Å². The lowest BCUT2D eigenvalue weighted by Crippen LogP contribution is -2.32. The maximum Gasteiger partial charge on any atom is 0.303 e. The summed E-state index contributed by atoms with van der Waals surface area (Å²) in [7, 11) is 0. The Morgan fingerprint density at radius 2 is 1.18 bits per heavy atom. The Labute approximate surface area is 135 Å². The van der Waals surface area contributed by atoms with Gasteiger partial charge in [0.2, 0.25) is 0 Å². The van der Waals surface area contributed by atoms with E-state index in [9.17, 15) is 4.79 Å². The van der Waals surface area contributed by atoms with Crippen molar-refractivity contribution in [3.05, 3.63) is 0 Å². The summed E-state index contributed by atoms with van der Waals surface area (Å²) in [4.78, 5) is 10.2. The number of unbranched alkanes of at least 4 members (excludes halogenated alkanes) is 7. The monoisotopic (exact) mass is 320 g/mol. The molecule has 5 heteroatoms. The van der Waals surface area contributed by atoms with Crippen LogP contribution < -0.4 is 0 Å². The molecule has 0 rings (SSSR count). The molecule has 0 aliphatic rings. The quantitative estimate of drug-likeness (QED) is 0.391. The first-order chi connectivity index (χ1) is 10.5. The molecule has 0 unspecified atom stereocenters. The van der Waals surface area contributed by atoms with Gasteiger partial charge in [-0.05, 0) is 12.8 Å². The van der Waals surface area contributed by atoms with Gasteiger partial charge in [0, 0.05) is 11.8 Å². The van der Waals surface area contributed by atoms with Crippen molar-refractivity contribution in [3.8, 4) is 0 Å². The van der Waals surface area contributed by atoms with Crippen LogP contribution >= 0.6 is 0 Å². The van der Waals surface area contributed by atoms with E-state index in [2.05, 4.69) is 6.92 Å². The first-order valence-electron chi connectivity index (χ1n) is 8.56. The number of carbonyl (C=O) groups is 1. The fourth-order valence-electron chi connectivity index (χ4n) is 1.90. The van der Waals surface area contributed by atoms with Gasteiger partial charge in [-0.2, -0.15) is 0 Å². The molecule has 0 aliphatic carbocycles.